The lowest BCUT2D eigenvalue weighted by Crippen LogP contribution is -2.07. The monoisotopic (exact) mass is 229 g/mol. The van der Waals surface area contributed by atoms with Gasteiger partial charge in [-0.05, 0) is 13.0 Å². The van der Waals surface area contributed by atoms with E-state index in [1.807, 2.05) is 0 Å². The molecule has 0 atom stereocenters. The molecule has 0 radical (unpaired) electrons. The van der Waals surface area contributed by atoms with E-state index in [-0.39, 0.29) is 17.3 Å². The van der Waals surface area contributed by atoms with Gasteiger partial charge in [0.2, 0.25) is 0 Å². The number of nitrogens with zero attached hydrogens (tertiary/aromatic N) is 3. The van der Waals surface area contributed by atoms with Crippen LogP contribution in [-0.2, 0) is 6.18 Å². The lowest BCUT2D eigenvalue weighted by atomic mass is 10.1. The van der Waals surface area contributed by atoms with Gasteiger partial charge >= 0.3 is 6.18 Å². The summed E-state index contributed by atoms with van der Waals surface area (Å²) in [6.45, 7) is 1.52. The highest BCUT2D eigenvalue weighted by molar-refractivity contribution is 5.57. The van der Waals surface area contributed by atoms with E-state index in [0.717, 1.165) is 18.5 Å². The fourth-order valence-electron chi connectivity index (χ4n) is 1.22. The van der Waals surface area contributed by atoms with Gasteiger partial charge in [-0.15, -0.1) is 0 Å². The van der Waals surface area contributed by atoms with Crippen molar-refractivity contribution in [3.8, 4) is 11.5 Å². The van der Waals surface area contributed by atoms with Gasteiger partial charge in [0.05, 0.1) is 11.1 Å². The second-order valence-corrected chi connectivity index (χ2v) is 3.07. The Morgan fingerprint density at radius 1 is 1.31 bits per heavy atom. The minimum atomic E-state index is -4.47. The molecule has 16 heavy (non-hydrogen) atoms. The van der Waals surface area contributed by atoms with Crippen LogP contribution in [0.5, 0.6) is 0 Å². The van der Waals surface area contributed by atoms with Gasteiger partial charge in [-0.3, -0.25) is 4.98 Å². The molecule has 7 heteroatoms. The molecule has 2 rings (SSSR count). The zero-order valence-electron chi connectivity index (χ0n) is 8.12. The van der Waals surface area contributed by atoms with E-state index in [1.54, 1.807) is 0 Å². The Bertz CT molecular complexity index is 507. The number of aryl methyl sites for hydroxylation is 1. The number of hydrogen-bond donors (Lipinski definition) is 0. The first kappa shape index (κ1) is 10.6. The van der Waals surface area contributed by atoms with Crippen molar-refractivity contribution < 1.29 is 17.7 Å². The molecule has 0 N–H and O–H groups in total. The Hall–Kier alpha value is -1.92. The van der Waals surface area contributed by atoms with E-state index in [0.29, 0.717) is 0 Å². The Kier molecular flexibility index (Phi) is 2.37. The maximum Gasteiger partial charge on any atom is 0.417 e. The highest BCUT2D eigenvalue weighted by Crippen LogP contribution is 2.35. The molecule has 0 amide bonds. The van der Waals surface area contributed by atoms with Gasteiger partial charge in [-0.1, -0.05) is 5.16 Å². The summed E-state index contributed by atoms with van der Waals surface area (Å²) < 4.78 is 42.6. The van der Waals surface area contributed by atoms with Crippen LogP contribution in [0.2, 0.25) is 0 Å². The van der Waals surface area contributed by atoms with Crippen molar-refractivity contribution in [2.24, 2.45) is 0 Å². The van der Waals surface area contributed by atoms with Crippen LogP contribution in [0.1, 0.15) is 11.4 Å². The molecule has 0 aliphatic heterocycles. The molecule has 0 aliphatic carbocycles. The Morgan fingerprint density at radius 3 is 2.62 bits per heavy atom. The van der Waals surface area contributed by atoms with E-state index >= 15 is 0 Å². The quantitative estimate of drug-likeness (QED) is 0.753. The van der Waals surface area contributed by atoms with Crippen molar-refractivity contribution in [1.29, 1.82) is 0 Å². The minimum absolute atomic E-state index is 0.182. The normalized spacial score (nSPS) is 11.8. The second-order valence-electron chi connectivity index (χ2n) is 3.07. The molecule has 2 heterocycles. The van der Waals surface area contributed by atoms with Gasteiger partial charge in [0, 0.05) is 12.4 Å². The van der Waals surface area contributed by atoms with Crippen molar-refractivity contribution in [1.82, 2.24) is 15.1 Å². The third-order valence-corrected chi connectivity index (χ3v) is 1.88. The minimum Gasteiger partial charge on any atom is -0.334 e. The molecule has 4 nitrogen and oxygen atoms in total. The van der Waals surface area contributed by atoms with Crippen LogP contribution in [-0.4, -0.2) is 15.1 Å². The predicted octanol–water partition coefficient (Wildman–Crippen LogP) is 2.46. The predicted molar refractivity (Wildman–Crippen MR) is 47.3 cm³/mol. The summed E-state index contributed by atoms with van der Waals surface area (Å²) in [7, 11) is 0. The molecule has 0 aliphatic rings. The maximum atomic E-state index is 12.6. The summed E-state index contributed by atoms with van der Waals surface area (Å²) >= 11 is 0. The third-order valence-electron chi connectivity index (χ3n) is 1.88. The van der Waals surface area contributed by atoms with Crippen molar-refractivity contribution >= 4 is 0 Å². The van der Waals surface area contributed by atoms with Gasteiger partial charge in [0.15, 0.2) is 5.82 Å². The summed E-state index contributed by atoms with van der Waals surface area (Å²) in [6, 6.07) is 0.870. The van der Waals surface area contributed by atoms with E-state index in [4.69, 9.17) is 0 Å². The van der Waals surface area contributed by atoms with E-state index in [9.17, 15) is 13.2 Å². The number of hydrogen-bond acceptors (Lipinski definition) is 4. The van der Waals surface area contributed by atoms with Crippen molar-refractivity contribution in [2.75, 3.05) is 0 Å². The average Bonchev–Trinajstić information content (AvgIpc) is 2.64. The molecule has 0 saturated heterocycles. The molecule has 0 spiro atoms. The van der Waals surface area contributed by atoms with Gasteiger partial charge in [0.1, 0.15) is 0 Å². The number of halogens is 3. The summed E-state index contributed by atoms with van der Waals surface area (Å²) in [4.78, 5) is 7.35. The SMILES string of the molecule is Cc1noc(-c2cnccc2C(F)(F)F)n1. The van der Waals surface area contributed by atoms with Gasteiger partial charge in [-0.2, -0.15) is 18.2 Å². The van der Waals surface area contributed by atoms with Crippen LogP contribution < -0.4 is 0 Å². The first-order valence-corrected chi connectivity index (χ1v) is 4.30. The van der Waals surface area contributed by atoms with Gasteiger partial charge in [-0.25, -0.2) is 0 Å². The molecule has 0 saturated carbocycles. The molecule has 84 valence electrons. The topological polar surface area (TPSA) is 51.8 Å². The van der Waals surface area contributed by atoms with Crippen LogP contribution in [0.4, 0.5) is 13.2 Å². The zero-order chi connectivity index (χ0) is 11.8. The summed E-state index contributed by atoms with van der Waals surface area (Å²) in [5.74, 6) is 0.0879. The first-order chi connectivity index (χ1) is 7.48. The summed E-state index contributed by atoms with van der Waals surface area (Å²) in [5.41, 5.74) is -1.05. The molecule has 2 aromatic heterocycles. The lowest BCUT2D eigenvalue weighted by Gasteiger charge is -2.08. The van der Waals surface area contributed by atoms with Crippen molar-refractivity contribution in [3.05, 3.63) is 29.8 Å². The molecule has 0 aromatic carbocycles. The van der Waals surface area contributed by atoms with Crippen LogP contribution in [0.3, 0.4) is 0 Å². The highest BCUT2D eigenvalue weighted by atomic mass is 19.4. The van der Waals surface area contributed by atoms with E-state index in [2.05, 4.69) is 19.6 Å². The molecule has 0 bridgehead atoms. The number of rotatable bonds is 1. The summed E-state index contributed by atoms with van der Waals surface area (Å²) in [6.07, 6.45) is -2.36. The highest BCUT2D eigenvalue weighted by Gasteiger charge is 2.35. The van der Waals surface area contributed by atoms with Crippen LogP contribution in [0.15, 0.2) is 23.0 Å². The zero-order valence-corrected chi connectivity index (χ0v) is 8.12. The average molecular weight is 229 g/mol. The summed E-state index contributed by atoms with van der Waals surface area (Å²) in [5, 5.41) is 3.43. The Morgan fingerprint density at radius 2 is 2.06 bits per heavy atom. The van der Waals surface area contributed by atoms with E-state index < -0.39 is 11.7 Å². The molecule has 0 unspecified atom stereocenters. The third kappa shape index (κ3) is 1.88. The molecular weight excluding hydrogens is 223 g/mol. The Balaban J connectivity index is 2.57. The molecule has 2 aromatic rings. The Labute approximate surface area is 88.1 Å². The number of aromatic nitrogens is 3. The van der Waals surface area contributed by atoms with Gasteiger partial charge < -0.3 is 4.52 Å². The fourth-order valence-corrected chi connectivity index (χ4v) is 1.22. The number of pyridine rings is 1. The van der Waals surface area contributed by atoms with Crippen LogP contribution in [0, 0.1) is 6.92 Å². The van der Waals surface area contributed by atoms with Gasteiger partial charge in [0.25, 0.3) is 5.89 Å². The largest absolute Gasteiger partial charge is 0.417 e. The maximum absolute atomic E-state index is 12.6. The standard InChI is InChI=1S/C9H6F3N3O/c1-5-14-8(16-15-5)6-4-13-3-2-7(6)9(10,11)12/h2-4H,1H3. The van der Waals surface area contributed by atoms with E-state index in [1.165, 1.54) is 6.92 Å². The smallest absolute Gasteiger partial charge is 0.334 e. The van der Waals surface area contributed by atoms with Crippen LogP contribution in [0.25, 0.3) is 11.5 Å². The van der Waals surface area contributed by atoms with Crippen molar-refractivity contribution in [2.45, 2.75) is 13.1 Å². The van der Waals surface area contributed by atoms with Crippen molar-refractivity contribution in [3.63, 3.8) is 0 Å². The molecule has 0 fully saturated rings. The fraction of sp³-hybridized carbons (Fsp3) is 0.222. The second kappa shape index (κ2) is 3.58. The lowest BCUT2D eigenvalue weighted by molar-refractivity contribution is -0.137. The first-order valence-electron chi connectivity index (χ1n) is 4.30. The molecular formula is C9H6F3N3O. The van der Waals surface area contributed by atoms with Crippen LogP contribution >= 0.6 is 0 Å². The number of alkyl halides is 3.